The van der Waals surface area contributed by atoms with E-state index in [0.717, 1.165) is 5.69 Å². The molecule has 0 spiro atoms. The van der Waals surface area contributed by atoms with Crippen molar-refractivity contribution in [2.24, 2.45) is 0 Å². The van der Waals surface area contributed by atoms with E-state index in [1.165, 1.54) is 0 Å². The minimum Gasteiger partial charge on any atom is -0.444 e. The summed E-state index contributed by atoms with van der Waals surface area (Å²) in [6.07, 6.45) is 1.21. The number of carbonyl (C=O) groups excluding carboxylic acids is 1. The lowest BCUT2D eigenvalue weighted by Gasteiger charge is -2.19. The van der Waals surface area contributed by atoms with Crippen LogP contribution in [0, 0.1) is 0 Å². The topological polar surface area (TPSA) is 104 Å². The SMILES string of the molecule is CC(C)(C)OC(=O)NCCOCCOCCOCCNc1cnnc(Br)c1. The summed E-state index contributed by atoms with van der Waals surface area (Å²) in [5, 5.41) is 13.4. The highest BCUT2D eigenvalue weighted by Gasteiger charge is 2.15. The molecule has 0 aliphatic carbocycles. The van der Waals surface area contributed by atoms with Crippen molar-refractivity contribution in [1.29, 1.82) is 0 Å². The second-order valence-corrected chi connectivity index (χ2v) is 7.27. The predicted octanol–water partition coefficient (Wildman–Crippen LogP) is 2.23. The van der Waals surface area contributed by atoms with Crippen molar-refractivity contribution in [2.75, 3.05) is 58.0 Å². The number of carbonyl (C=O) groups is 1. The second kappa shape index (κ2) is 13.6. The van der Waals surface area contributed by atoms with Gasteiger partial charge in [0.1, 0.15) is 10.2 Å². The van der Waals surface area contributed by atoms with Gasteiger partial charge >= 0.3 is 6.09 Å². The molecule has 154 valence electrons. The van der Waals surface area contributed by atoms with Crippen molar-refractivity contribution in [3.8, 4) is 0 Å². The molecule has 0 saturated carbocycles. The lowest BCUT2D eigenvalue weighted by molar-refractivity contribution is 0.0157. The van der Waals surface area contributed by atoms with Gasteiger partial charge in [0.2, 0.25) is 0 Å². The number of rotatable bonds is 13. The number of alkyl carbamates (subject to hydrolysis) is 1. The highest BCUT2D eigenvalue weighted by Crippen LogP contribution is 2.10. The Hall–Kier alpha value is -1.49. The fourth-order valence-electron chi connectivity index (χ4n) is 1.79. The van der Waals surface area contributed by atoms with E-state index in [1.807, 2.05) is 26.8 Å². The fourth-order valence-corrected chi connectivity index (χ4v) is 2.12. The number of hydrogen-bond acceptors (Lipinski definition) is 8. The van der Waals surface area contributed by atoms with Crippen LogP contribution < -0.4 is 10.6 Å². The van der Waals surface area contributed by atoms with E-state index in [9.17, 15) is 4.79 Å². The number of halogens is 1. The maximum Gasteiger partial charge on any atom is 0.407 e. The average molecular weight is 449 g/mol. The predicted molar refractivity (Wildman–Crippen MR) is 105 cm³/mol. The minimum atomic E-state index is -0.496. The van der Waals surface area contributed by atoms with Gasteiger partial charge in [0.25, 0.3) is 0 Å². The number of amides is 1. The summed E-state index contributed by atoms with van der Waals surface area (Å²) in [5.74, 6) is 0. The van der Waals surface area contributed by atoms with Crippen LogP contribution in [0.4, 0.5) is 10.5 Å². The zero-order valence-electron chi connectivity index (χ0n) is 16.1. The van der Waals surface area contributed by atoms with Crippen LogP contribution in [0.15, 0.2) is 16.9 Å². The molecular weight excluding hydrogens is 420 g/mol. The van der Waals surface area contributed by atoms with Crippen LogP contribution in [0.1, 0.15) is 20.8 Å². The van der Waals surface area contributed by atoms with Gasteiger partial charge in [-0.1, -0.05) is 0 Å². The van der Waals surface area contributed by atoms with E-state index >= 15 is 0 Å². The van der Waals surface area contributed by atoms with Gasteiger partial charge in [-0.05, 0) is 42.8 Å². The van der Waals surface area contributed by atoms with Crippen LogP contribution in [-0.2, 0) is 18.9 Å². The third-order valence-electron chi connectivity index (χ3n) is 2.86. The first-order chi connectivity index (χ1) is 12.9. The van der Waals surface area contributed by atoms with Crippen LogP contribution in [0.25, 0.3) is 0 Å². The van der Waals surface area contributed by atoms with Crippen LogP contribution in [0.3, 0.4) is 0 Å². The molecule has 0 fully saturated rings. The van der Waals surface area contributed by atoms with Crippen molar-refractivity contribution in [3.05, 3.63) is 16.9 Å². The molecule has 0 aliphatic heterocycles. The number of nitrogens with zero attached hydrogens (tertiary/aromatic N) is 2. The molecule has 0 atom stereocenters. The van der Waals surface area contributed by atoms with Crippen molar-refractivity contribution >= 4 is 27.7 Å². The lowest BCUT2D eigenvalue weighted by Crippen LogP contribution is -2.34. The van der Waals surface area contributed by atoms with E-state index in [2.05, 4.69) is 36.8 Å². The molecule has 10 heteroatoms. The van der Waals surface area contributed by atoms with Crippen LogP contribution in [-0.4, -0.2) is 74.6 Å². The van der Waals surface area contributed by atoms with E-state index in [1.54, 1.807) is 6.20 Å². The lowest BCUT2D eigenvalue weighted by atomic mass is 10.2. The zero-order chi connectivity index (χ0) is 20.0. The molecule has 0 unspecified atom stereocenters. The molecule has 1 rings (SSSR count). The molecule has 0 bridgehead atoms. The van der Waals surface area contributed by atoms with Crippen LogP contribution in [0.2, 0.25) is 0 Å². The summed E-state index contributed by atoms with van der Waals surface area (Å²) in [6.45, 7) is 9.45. The third-order valence-corrected chi connectivity index (χ3v) is 3.25. The Morgan fingerprint density at radius 2 is 1.63 bits per heavy atom. The highest BCUT2D eigenvalue weighted by molar-refractivity contribution is 9.10. The molecule has 1 aromatic heterocycles. The Balaban J connectivity index is 1.82. The standard InChI is InChI=1S/C17H29BrN4O5/c1-17(2,3)27-16(23)20-5-7-25-9-11-26-10-8-24-6-4-19-14-12-15(18)22-21-13-14/h12-13H,4-11H2,1-3H3,(H,19,22)(H,20,23). The monoisotopic (exact) mass is 448 g/mol. The molecule has 2 N–H and O–H groups in total. The summed E-state index contributed by atoms with van der Waals surface area (Å²) < 4.78 is 22.0. The van der Waals surface area contributed by atoms with Crippen LogP contribution in [0.5, 0.6) is 0 Å². The van der Waals surface area contributed by atoms with Gasteiger partial charge in [-0.25, -0.2) is 4.79 Å². The molecule has 0 saturated heterocycles. The molecule has 1 amide bonds. The summed E-state index contributed by atoms with van der Waals surface area (Å²) >= 11 is 3.26. The number of nitrogens with one attached hydrogen (secondary N) is 2. The number of ether oxygens (including phenoxy) is 4. The van der Waals surface area contributed by atoms with Crippen LogP contribution >= 0.6 is 15.9 Å². The molecule has 9 nitrogen and oxygen atoms in total. The quantitative estimate of drug-likeness (QED) is 0.442. The highest BCUT2D eigenvalue weighted by atomic mass is 79.9. The first kappa shape index (κ1) is 23.5. The van der Waals surface area contributed by atoms with E-state index < -0.39 is 11.7 Å². The normalized spacial score (nSPS) is 11.3. The number of hydrogen-bond donors (Lipinski definition) is 2. The van der Waals surface area contributed by atoms with E-state index in [-0.39, 0.29) is 0 Å². The third kappa shape index (κ3) is 14.3. The Labute approximate surface area is 168 Å². The molecule has 1 heterocycles. The molecule has 0 radical (unpaired) electrons. The Bertz CT molecular complexity index is 542. The van der Waals surface area contributed by atoms with Crippen molar-refractivity contribution in [3.63, 3.8) is 0 Å². The van der Waals surface area contributed by atoms with E-state index in [4.69, 9.17) is 18.9 Å². The second-order valence-electron chi connectivity index (χ2n) is 6.46. The van der Waals surface area contributed by atoms with Gasteiger partial charge in [0.15, 0.2) is 0 Å². The first-order valence-electron chi connectivity index (χ1n) is 8.79. The van der Waals surface area contributed by atoms with E-state index in [0.29, 0.717) is 57.3 Å². The van der Waals surface area contributed by atoms with Gasteiger partial charge in [-0.15, -0.1) is 5.10 Å². The molecule has 1 aromatic rings. The largest absolute Gasteiger partial charge is 0.444 e. The maximum atomic E-state index is 11.4. The number of aromatic nitrogens is 2. The summed E-state index contributed by atoms with van der Waals surface area (Å²) in [4.78, 5) is 11.4. The molecule has 27 heavy (non-hydrogen) atoms. The first-order valence-corrected chi connectivity index (χ1v) is 9.58. The van der Waals surface area contributed by atoms with Gasteiger partial charge in [0, 0.05) is 13.1 Å². The van der Waals surface area contributed by atoms with Crippen molar-refractivity contribution < 1.29 is 23.7 Å². The Kier molecular flexibility index (Phi) is 11.9. The molecular formula is C17H29BrN4O5. The number of anilines is 1. The summed E-state index contributed by atoms with van der Waals surface area (Å²) in [5.41, 5.74) is 0.389. The fraction of sp³-hybridized carbons (Fsp3) is 0.706. The Morgan fingerprint density at radius 1 is 1.04 bits per heavy atom. The minimum absolute atomic E-state index is 0.397. The zero-order valence-corrected chi connectivity index (χ0v) is 17.7. The van der Waals surface area contributed by atoms with Gasteiger partial charge in [-0.2, -0.15) is 5.10 Å². The Morgan fingerprint density at radius 3 is 2.22 bits per heavy atom. The van der Waals surface area contributed by atoms with Gasteiger partial charge in [0.05, 0.1) is 51.5 Å². The maximum absolute atomic E-state index is 11.4. The summed E-state index contributed by atoms with van der Waals surface area (Å²) in [6, 6.07) is 1.85. The molecule has 0 aromatic carbocycles. The smallest absolute Gasteiger partial charge is 0.407 e. The van der Waals surface area contributed by atoms with Gasteiger partial charge < -0.3 is 29.6 Å². The molecule has 0 aliphatic rings. The van der Waals surface area contributed by atoms with Crippen molar-refractivity contribution in [1.82, 2.24) is 15.5 Å². The average Bonchev–Trinajstić information content (AvgIpc) is 2.57. The summed E-state index contributed by atoms with van der Waals surface area (Å²) in [7, 11) is 0. The van der Waals surface area contributed by atoms with Gasteiger partial charge in [-0.3, -0.25) is 0 Å². The van der Waals surface area contributed by atoms with Crippen molar-refractivity contribution in [2.45, 2.75) is 26.4 Å².